The van der Waals surface area contributed by atoms with Crippen LogP contribution in [0.2, 0.25) is 0 Å². The van der Waals surface area contributed by atoms with Crippen LogP contribution in [-0.2, 0) is 9.59 Å². The van der Waals surface area contributed by atoms with Crippen molar-refractivity contribution in [3.63, 3.8) is 0 Å². The van der Waals surface area contributed by atoms with Crippen molar-refractivity contribution in [3.05, 3.63) is 0 Å². The molecule has 0 aromatic rings. The molecule has 2 bridgehead atoms. The predicted molar refractivity (Wildman–Crippen MR) is 75.1 cm³/mol. The number of hydrogen-bond donors (Lipinski definition) is 1. The first-order chi connectivity index (χ1) is 9.54. The minimum absolute atomic E-state index is 0.207. The molecule has 0 aromatic carbocycles. The zero-order valence-corrected chi connectivity index (χ0v) is 12.3. The van der Waals surface area contributed by atoms with Crippen molar-refractivity contribution in [2.45, 2.75) is 57.9 Å². The molecule has 3 rings (SSSR count). The Bertz CT molecular complexity index is 405. The van der Waals surface area contributed by atoms with Crippen molar-refractivity contribution in [2.75, 3.05) is 6.54 Å². The Morgan fingerprint density at radius 3 is 2.45 bits per heavy atom. The van der Waals surface area contributed by atoms with E-state index in [1.165, 1.54) is 25.7 Å². The van der Waals surface area contributed by atoms with Gasteiger partial charge in [0.25, 0.3) is 0 Å². The van der Waals surface area contributed by atoms with Gasteiger partial charge in [0.2, 0.25) is 5.91 Å². The highest BCUT2D eigenvalue weighted by Gasteiger charge is 2.42. The van der Waals surface area contributed by atoms with E-state index in [0.29, 0.717) is 24.9 Å². The first-order valence-electron chi connectivity index (χ1n) is 8.07. The summed E-state index contributed by atoms with van der Waals surface area (Å²) in [5.41, 5.74) is 0. The van der Waals surface area contributed by atoms with Gasteiger partial charge in [-0.3, -0.25) is 9.59 Å². The van der Waals surface area contributed by atoms with Gasteiger partial charge in [-0.05, 0) is 49.9 Å². The fraction of sp³-hybridized carbons (Fsp3) is 0.875. The lowest BCUT2D eigenvalue weighted by Gasteiger charge is -2.28. The number of amides is 1. The Hall–Kier alpha value is -1.06. The second kappa shape index (κ2) is 5.38. The van der Waals surface area contributed by atoms with Gasteiger partial charge in [0, 0.05) is 19.0 Å². The maximum atomic E-state index is 12.5. The molecule has 4 unspecified atom stereocenters. The van der Waals surface area contributed by atoms with Crippen LogP contribution in [0.1, 0.15) is 51.9 Å². The maximum Gasteiger partial charge on any atom is 0.308 e. The number of carbonyl (C=O) groups is 2. The summed E-state index contributed by atoms with van der Waals surface area (Å²) in [6.07, 6.45) is 7.97. The molecule has 3 aliphatic rings. The molecule has 0 spiro atoms. The summed E-state index contributed by atoms with van der Waals surface area (Å²) in [7, 11) is 0. The highest BCUT2D eigenvalue weighted by Crippen LogP contribution is 2.49. The standard InChI is InChI=1S/C16H25NO3/c1-10(16(19)20)9-17(14-4-5-14)15(18)8-13-7-11-2-3-12(13)6-11/h10-14H,2-9H2,1H3,(H,19,20). The number of hydrogen-bond acceptors (Lipinski definition) is 2. The number of nitrogens with zero attached hydrogens (tertiary/aromatic N) is 1. The molecule has 20 heavy (non-hydrogen) atoms. The topological polar surface area (TPSA) is 57.6 Å². The van der Waals surface area contributed by atoms with Crippen LogP contribution in [0.4, 0.5) is 0 Å². The normalized spacial score (nSPS) is 33.1. The zero-order chi connectivity index (χ0) is 14.3. The molecule has 112 valence electrons. The highest BCUT2D eigenvalue weighted by atomic mass is 16.4. The Labute approximate surface area is 120 Å². The van der Waals surface area contributed by atoms with E-state index in [4.69, 9.17) is 5.11 Å². The van der Waals surface area contributed by atoms with Crippen LogP contribution in [0.15, 0.2) is 0 Å². The van der Waals surface area contributed by atoms with Crippen LogP contribution >= 0.6 is 0 Å². The van der Waals surface area contributed by atoms with Gasteiger partial charge in [0.1, 0.15) is 0 Å². The quantitative estimate of drug-likeness (QED) is 0.813. The Kier molecular flexibility index (Phi) is 3.74. The van der Waals surface area contributed by atoms with Crippen LogP contribution in [0.3, 0.4) is 0 Å². The van der Waals surface area contributed by atoms with Crippen molar-refractivity contribution in [1.82, 2.24) is 4.90 Å². The van der Waals surface area contributed by atoms with E-state index in [2.05, 4.69) is 0 Å². The molecule has 1 amide bonds. The average molecular weight is 279 g/mol. The molecular weight excluding hydrogens is 254 g/mol. The van der Waals surface area contributed by atoms with Gasteiger partial charge in [0.05, 0.1) is 5.92 Å². The third-order valence-corrected chi connectivity index (χ3v) is 5.52. The molecule has 0 aromatic heterocycles. The fourth-order valence-electron chi connectivity index (χ4n) is 4.18. The second-order valence-corrected chi connectivity index (χ2v) is 7.16. The van der Waals surface area contributed by atoms with E-state index in [-0.39, 0.29) is 5.91 Å². The van der Waals surface area contributed by atoms with Crippen molar-refractivity contribution in [1.29, 1.82) is 0 Å². The highest BCUT2D eigenvalue weighted by molar-refractivity contribution is 5.78. The van der Waals surface area contributed by atoms with E-state index >= 15 is 0 Å². The van der Waals surface area contributed by atoms with Crippen molar-refractivity contribution >= 4 is 11.9 Å². The van der Waals surface area contributed by atoms with Gasteiger partial charge < -0.3 is 10.0 Å². The largest absolute Gasteiger partial charge is 0.481 e. The maximum absolute atomic E-state index is 12.5. The van der Waals surface area contributed by atoms with Gasteiger partial charge >= 0.3 is 5.97 Å². The molecule has 1 N–H and O–H groups in total. The lowest BCUT2D eigenvalue weighted by Crippen LogP contribution is -2.39. The molecule has 0 heterocycles. The SMILES string of the molecule is CC(CN(C(=O)CC1CC2CCC1C2)C1CC1)C(=O)O. The first kappa shape index (κ1) is 13.9. The number of carboxylic acid groups (broad SMARTS) is 1. The molecule has 3 saturated carbocycles. The Morgan fingerprint density at radius 1 is 1.20 bits per heavy atom. The van der Waals surface area contributed by atoms with Gasteiger partial charge in [-0.2, -0.15) is 0 Å². The monoisotopic (exact) mass is 279 g/mol. The van der Waals surface area contributed by atoms with Gasteiger partial charge in [0.15, 0.2) is 0 Å². The summed E-state index contributed by atoms with van der Waals surface area (Å²) < 4.78 is 0. The summed E-state index contributed by atoms with van der Waals surface area (Å²) in [6, 6.07) is 0.322. The number of carbonyl (C=O) groups excluding carboxylic acids is 1. The zero-order valence-electron chi connectivity index (χ0n) is 12.3. The summed E-state index contributed by atoms with van der Waals surface area (Å²) in [4.78, 5) is 25.4. The molecular formula is C16H25NO3. The third-order valence-electron chi connectivity index (χ3n) is 5.52. The molecule has 4 heteroatoms. The average Bonchev–Trinajstić information content (AvgIpc) is 3.03. The summed E-state index contributed by atoms with van der Waals surface area (Å²) >= 11 is 0. The van der Waals surface area contributed by atoms with E-state index < -0.39 is 11.9 Å². The summed E-state index contributed by atoms with van der Waals surface area (Å²) in [6.45, 7) is 2.09. The van der Waals surface area contributed by atoms with Crippen LogP contribution in [0.25, 0.3) is 0 Å². The smallest absolute Gasteiger partial charge is 0.308 e. The molecule has 3 aliphatic carbocycles. The second-order valence-electron chi connectivity index (χ2n) is 7.16. The first-order valence-corrected chi connectivity index (χ1v) is 8.07. The summed E-state index contributed by atoms with van der Waals surface area (Å²) in [5, 5.41) is 9.05. The Balaban J connectivity index is 1.57. The molecule has 4 nitrogen and oxygen atoms in total. The molecule has 3 fully saturated rings. The van der Waals surface area contributed by atoms with E-state index in [0.717, 1.165) is 24.7 Å². The number of fused-ring (bicyclic) bond motifs is 2. The molecule has 0 radical (unpaired) electrons. The third kappa shape index (κ3) is 2.84. The minimum Gasteiger partial charge on any atom is -0.481 e. The van der Waals surface area contributed by atoms with Crippen LogP contribution in [0.5, 0.6) is 0 Å². The van der Waals surface area contributed by atoms with Crippen molar-refractivity contribution in [2.24, 2.45) is 23.7 Å². The fourth-order valence-corrected chi connectivity index (χ4v) is 4.18. The van der Waals surface area contributed by atoms with Gasteiger partial charge in [-0.25, -0.2) is 0 Å². The van der Waals surface area contributed by atoms with E-state index in [9.17, 15) is 9.59 Å². The van der Waals surface area contributed by atoms with Gasteiger partial charge in [-0.1, -0.05) is 13.3 Å². The minimum atomic E-state index is -0.802. The lowest BCUT2D eigenvalue weighted by molar-refractivity contribution is -0.143. The van der Waals surface area contributed by atoms with E-state index in [1.54, 1.807) is 6.92 Å². The van der Waals surface area contributed by atoms with E-state index in [1.807, 2.05) is 4.90 Å². The van der Waals surface area contributed by atoms with Crippen molar-refractivity contribution < 1.29 is 14.7 Å². The molecule has 0 saturated heterocycles. The predicted octanol–water partition coefficient (Wildman–Crippen LogP) is 2.52. The lowest BCUT2D eigenvalue weighted by atomic mass is 9.86. The number of aliphatic carboxylic acids is 1. The van der Waals surface area contributed by atoms with Crippen LogP contribution in [-0.4, -0.2) is 34.5 Å². The van der Waals surface area contributed by atoms with Gasteiger partial charge in [-0.15, -0.1) is 0 Å². The number of rotatable bonds is 6. The van der Waals surface area contributed by atoms with Crippen LogP contribution < -0.4 is 0 Å². The number of carboxylic acids is 1. The van der Waals surface area contributed by atoms with Crippen LogP contribution in [0, 0.1) is 23.7 Å². The van der Waals surface area contributed by atoms with Crippen molar-refractivity contribution in [3.8, 4) is 0 Å². The molecule has 4 atom stereocenters. The Morgan fingerprint density at radius 2 is 1.95 bits per heavy atom. The molecule has 0 aliphatic heterocycles. The summed E-state index contributed by atoms with van der Waals surface area (Å²) in [5.74, 6) is 1.15.